The molecule has 1 amide bonds. The first-order valence-corrected chi connectivity index (χ1v) is 10.5. The van der Waals surface area contributed by atoms with Crippen molar-refractivity contribution in [2.45, 2.75) is 45.8 Å². The summed E-state index contributed by atoms with van der Waals surface area (Å²) >= 11 is 0. The van der Waals surface area contributed by atoms with Gasteiger partial charge >= 0.3 is 6.09 Å². The van der Waals surface area contributed by atoms with Crippen molar-refractivity contribution in [1.82, 2.24) is 15.5 Å². The van der Waals surface area contributed by atoms with E-state index in [0.29, 0.717) is 18.2 Å². The number of carbonyl (C=O) groups excluding carboxylic acids is 1. The van der Waals surface area contributed by atoms with Crippen molar-refractivity contribution >= 4 is 6.09 Å². The van der Waals surface area contributed by atoms with Gasteiger partial charge in [-0.2, -0.15) is 0 Å². The van der Waals surface area contributed by atoms with E-state index in [2.05, 4.69) is 22.4 Å². The molecule has 7 nitrogen and oxygen atoms in total. The lowest BCUT2D eigenvalue weighted by molar-refractivity contribution is 0.129. The molecule has 2 atom stereocenters. The third-order valence-corrected chi connectivity index (χ3v) is 5.23. The molecule has 31 heavy (non-hydrogen) atoms. The predicted octanol–water partition coefficient (Wildman–Crippen LogP) is 4.88. The largest absolute Gasteiger partial charge is 0.497 e. The summed E-state index contributed by atoms with van der Waals surface area (Å²) in [6, 6.07) is 17.0. The van der Waals surface area contributed by atoms with E-state index in [1.165, 1.54) is 0 Å². The molecule has 2 unspecified atom stereocenters. The van der Waals surface area contributed by atoms with Crippen molar-refractivity contribution in [2.24, 2.45) is 5.92 Å². The molecular weight excluding hydrogens is 394 g/mol. The number of hydrogen-bond acceptors (Lipinski definition) is 6. The summed E-state index contributed by atoms with van der Waals surface area (Å²) in [6.07, 6.45) is 1.72. The van der Waals surface area contributed by atoms with Gasteiger partial charge in [-0.05, 0) is 35.6 Å². The fraction of sp³-hybridized carbons (Fsp3) is 0.375. The Morgan fingerprint density at radius 2 is 1.77 bits per heavy atom. The molecular formula is C24H29N3O4. The number of benzene rings is 2. The molecule has 2 aromatic carbocycles. The topological polar surface area (TPSA) is 86.5 Å². The van der Waals surface area contributed by atoms with E-state index in [1.54, 1.807) is 7.11 Å². The molecule has 1 N–H and O–H groups in total. The van der Waals surface area contributed by atoms with Crippen molar-refractivity contribution in [3.8, 4) is 5.75 Å². The van der Waals surface area contributed by atoms with Crippen LogP contribution in [0.4, 0.5) is 4.79 Å². The van der Waals surface area contributed by atoms with E-state index in [0.717, 1.165) is 29.7 Å². The number of methoxy groups -OCH3 is 1. The highest BCUT2D eigenvalue weighted by Crippen LogP contribution is 2.24. The zero-order valence-electron chi connectivity index (χ0n) is 18.2. The van der Waals surface area contributed by atoms with Crippen molar-refractivity contribution in [3.05, 3.63) is 77.5 Å². The standard InChI is InChI=1S/C24H29N3O4/c1-4-17(2)22(25-24(28)30-16-19-8-6-5-7-9-19)23-27-26-21(31-23)15-12-18-10-13-20(29-3)14-11-18/h5-11,13-14,17,22H,4,12,15-16H2,1-3H3,(H,25,28). The number of aryl methyl sites for hydroxylation is 2. The van der Waals surface area contributed by atoms with Gasteiger partial charge < -0.3 is 19.2 Å². The lowest BCUT2D eigenvalue weighted by Crippen LogP contribution is -2.33. The Labute approximate surface area is 182 Å². The SMILES string of the molecule is CCC(C)C(NC(=O)OCc1ccccc1)c1nnc(CCc2ccc(OC)cc2)o1. The Kier molecular flexibility index (Phi) is 8.04. The van der Waals surface area contributed by atoms with Gasteiger partial charge in [-0.3, -0.25) is 0 Å². The van der Waals surface area contributed by atoms with Gasteiger partial charge in [-0.1, -0.05) is 62.7 Å². The van der Waals surface area contributed by atoms with Gasteiger partial charge in [0.05, 0.1) is 7.11 Å². The van der Waals surface area contributed by atoms with Crippen LogP contribution in [0.5, 0.6) is 5.75 Å². The van der Waals surface area contributed by atoms with Gasteiger partial charge in [0, 0.05) is 6.42 Å². The van der Waals surface area contributed by atoms with Crippen LogP contribution in [-0.2, 0) is 24.2 Å². The number of aromatic nitrogens is 2. The molecule has 1 heterocycles. The average molecular weight is 424 g/mol. The quantitative estimate of drug-likeness (QED) is 0.500. The lowest BCUT2D eigenvalue weighted by atomic mass is 9.99. The maximum atomic E-state index is 12.4. The van der Waals surface area contributed by atoms with E-state index in [9.17, 15) is 4.79 Å². The number of nitrogens with zero attached hydrogens (tertiary/aromatic N) is 2. The Bertz CT molecular complexity index is 941. The minimum absolute atomic E-state index is 0.110. The van der Waals surface area contributed by atoms with Crippen LogP contribution in [0.25, 0.3) is 0 Å². The molecule has 0 aliphatic carbocycles. The molecule has 0 aliphatic rings. The second-order valence-corrected chi connectivity index (χ2v) is 7.45. The molecule has 3 aromatic rings. The normalized spacial score (nSPS) is 12.7. The fourth-order valence-corrected chi connectivity index (χ4v) is 3.11. The summed E-state index contributed by atoms with van der Waals surface area (Å²) in [6.45, 7) is 4.29. The van der Waals surface area contributed by atoms with Gasteiger partial charge in [0.2, 0.25) is 11.8 Å². The second kappa shape index (κ2) is 11.2. The number of ether oxygens (including phenoxy) is 2. The number of carbonyl (C=O) groups is 1. The number of hydrogen-bond donors (Lipinski definition) is 1. The Hall–Kier alpha value is -3.35. The zero-order valence-corrected chi connectivity index (χ0v) is 18.2. The third-order valence-electron chi connectivity index (χ3n) is 5.23. The second-order valence-electron chi connectivity index (χ2n) is 7.45. The van der Waals surface area contributed by atoms with Crippen LogP contribution in [0.3, 0.4) is 0 Å². The summed E-state index contributed by atoms with van der Waals surface area (Å²) in [7, 11) is 1.65. The van der Waals surface area contributed by atoms with E-state index in [1.807, 2.05) is 61.5 Å². The summed E-state index contributed by atoms with van der Waals surface area (Å²) in [5.41, 5.74) is 2.08. The summed E-state index contributed by atoms with van der Waals surface area (Å²) in [5.74, 6) is 1.87. The number of rotatable bonds is 10. The maximum absolute atomic E-state index is 12.4. The Morgan fingerprint density at radius 3 is 2.45 bits per heavy atom. The maximum Gasteiger partial charge on any atom is 0.408 e. The first kappa shape index (κ1) is 22.3. The van der Waals surface area contributed by atoms with Gasteiger partial charge in [0.1, 0.15) is 18.4 Å². The first-order valence-electron chi connectivity index (χ1n) is 10.5. The third kappa shape index (κ3) is 6.57. The molecule has 0 spiro atoms. The molecule has 0 bridgehead atoms. The average Bonchev–Trinajstić information content (AvgIpc) is 3.29. The van der Waals surface area contributed by atoms with Gasteiger partial charge in [0.25, 0.3) is 0 Å². The number of nitrogens with one attached hydrogen (secondary N) is 1. The van der Waals surface area contributed by atoms with Crippen molar-refractivity contribution < 1.29 is 18.7 Å². The van der Waals surface area contributed by atoms with Crippen LogP contribution in [0.1, 0.15) is 49.2 Å². The molecule has 0 aliphatic heterocycles. The van der Waals surface area contributed by atoms with Crippen LogP contribution in [0.2, 0.25) is 0 Å². The van der Waals surface area contributed by atoms with Crippen molar-refractivity contribution in [2.75, 3.05) is 7.11 Å². The smallest absolute Gasteiger partial charge is 0.408 e. The summed E-state index contributed by atoms with van der Waals surface area (Å²) in [5, 5.41) is 11.2. The van der Waals surface area contributed by atoms with Crippen molar-refractivity contribution in [1.29, 1.82) is 0 Å². The first-order chi connectivity index (χ1) is 15.1. The molecule has 164 valence electrons. The monoisotopic (exact) mass is 423 g/mol. The molecule has 0 radical (unpaired) electrons. The fourth-order valence-electron chi connectivity index (χ4n) is 3.11. The predicted molar refractivity (Wildman–Crippen MR) is 117 cm³/mol. The van der Waals surface area contributed by atoms with Gasteiger partial charge in [-0.25, -0.2) is 4.79 Å². The Morgan fingerprint density at radius 1 is 1.03 bits per heavy atom. The van der Waals surface area contributed by atoms with Crippen LogP contribution in [0, 0.1) is 5.92 Å². The van der Waals surface area contributed by atoms with Crippen LogP contribution < -0.4 is 10.1 Å². The number of amides is 1. The Balaban J connectivity index is 1.58. The summed E-state index contributed by atoms with van der Waals surface area (Å²) in [4.78, 5) is 12.4. The van der Waals surface area contributed by atoms with Gasteiger partial charge in [-0.15, -0.1) is 10.2 Å². The lowest BCUT2D eigenvalue weighted by Gasteiger charge is -2.20. The molecule has 0 saturated heterocycles. The molecule has 3 rings (SSSR count). The van der Waals surface area contributed by atoms with Crippen LogP contribution in [-0.4, -0.2) is 23.4 Å². The van der Waals surface area contributed by atoms with Crippen LogP contribution in [0.15, 0.2) is 59.0 Å². The molecule has 0 saturated carbocycles. The van der Waals surface area contributed by atoms with Crippen molar-refractivity contribution in [3.63, 3.8) is 0 Å². The van der Waals surface area contributed by atoms with Crippen LogP contribution >= 0.6 is 0 Å². The zero-order chi connectivity index (χ0) is 22.1. The number of alkyl carbamates (subject to hydrolysis) is 1. The van der Waals surface area contributed by atoms with E-state index >= 15 is 0 Å². The molecule has 0 fully saturated rings. The minimum Gasteiger partial charge on any atom is -0.497 e. The highest BCUT2D eigenvalue weighted by Gasteiger charge is 2.26. The minimum atomic E-state index is -0.507. The van der Waals surface area contributed by atoms with Gasteiger partial charge in [0.15, 0.2) is 0 Å². The highest BCUT2D eigenvalue weighted by atomic mass is 16.5. The highest BCUT2D eigenvalue weighted by molar-refractivity contribution is 5.67. The van der Waals surface area contributed by atoms with E-state index in [4.69, 9.17) is 13.9 Å². The van der Waals surface area contributed by atoms with E-state index in [-0.39, 0.29) is 12.5 Å². The van der Waals surface area contributed by atoms with E-state index < -0.39 is 12.1 Å². The summed E-state index contributed by atoms with van der Waals surface area (Å²) < 4.78 is 16.4. The molecule has 1 aromatic heterocycles. The molecule has 7 heteroatoms.